The second-order valence-corrected chi connectivity index (χ2v) is 16.5. The molecule has 3 heteroatoms. The number of nitrogens with zero attached hydrogens (tertiary/aromatic N) is 2. The molecule has 264 valence electrons. The van der Waals surface area contributed by atoms with Crippen molar-refractivity contribution in [1.82, 2.24) is 9.97 Å². The first kappa shape index (κ1) is 32.7. The number of thiophene rings is 1. The maximum atomic E-state index is 5.30. The number of hydrogen-bond donors (Lipinski definition) is 0. The monoisotopic (exact) mass is 732 g/mol. The molecule has 0 aliphatic heterocycles. The van der Waals surface area contributed by atoms with Gasteiger partial charge in [-0.2, -0.15) is 0 Å². The molecule has 1 aliphatic rings. The van der Waals surface area contributed by atoms with Crippen LogP contribution in [-0.2, 0) is 5.41 Å². The molecule has 2 aromatic heterocycles. The van der Waals surface area contributed by atoms with Gasteiger partial charge >= 0.3 is 0 Å². The molecule has 56 heavy (non-hydrogen) atoms. The molecule has 11 rings (SSSR count). The van der Waals surface area contributed by atoms with Gasteiger partial charge in [-0.3, -0.25) is 0 Å². The fraction of sp³-hybridized carbons (Fsp3) is 0.0566. The second-order valence-electron chi connectivity index (χ2n) is 15.4. The Bertz CT molecular complexity index is 3160. The maximum absolute atomic E-state index is 5.30. The van der Waals surface area contributed by atoms with Crippen molar-refractivity contribution in [2.45, 2.75) is 19.3 Å². The van der Waals surface area contributed by atoms with Gasteiger partial charge in [-0.05, 0) is 110 Å². The van der Waals surface area contributed by atoms with Gasteiger partial charge in [-0.15, -0.1) is 11.3 Å². The number of rotatable bonds is 5. The Hall–Kier alpha value is -6.68. The maximum Gasteiger partial charge on any atom is 0.160 e. The zero-order chi connectivity index (χ0) is 37.4. The third kappa shape index (κ3) is 5.38. The summed E-state index contributed by atoms with van der Waals surface area (Å²) in [6.45, 7) is 4.66. The van der Waals surface area contributed by atoms with E-state index in [0.29, 0.717) is 5.82 Å². The van der Waals surface area contributed by atoms with Crippen molar-refractivity contribution in [3.63, 3.8) is 0 Å². The molecule has 8 aromatic carbocycles. The van der Waals surface area contributed by atoms with Gasteiger partial charge in [0, 0.05) is 42.3 Å². The average molecular weight is 733 g/mol. The molecule has 2 heterocycles. The van der Waals surface area contributed by atoms with Crippen LogP contribution in [0.5, 0.6) is 0 Å². The number of aromatic nitrogens is 2. The summed E-state index contributed by atoms with van der Waals surface area (Å²) in [5, 5.41) is 5.14. The lowest BCUT2D eigenvalue weighted by Gasteiger charge is -2.22. The van der Waals surface area contributed by atoms with Crippen LogP contribution in [0.25, 0.3) is 98.2 Å². The summed E-state index contributed by atoms with van der Waals surface area (Å²) in [6, 6.07) is 66.1. The largest absolute Gasteiger partial charge is 0.228 e. The van der Waals surface area contributed by atoms with Crippen molar-refractivity contribution in [3.8, 4) is 67.3 Å². The molecule has 0 radical (unpaired) electrons. The Morgan fingerprint density at radius 1 is 0.375 bits per heavy atom. The van der Waals surface area contributed by atoms with Crippen LogP contribution in [0.15, 0.2) is 182 Å². The third-order valence-corrected chi connectivity index (χ3v) is 12.8. The molecule has 0 saturated heterocycles. The lowest BCUT2D eigenvalue weighted by molar-refractivity contribution is 0.660. The Balaban J connectivity index is 1.10. The lowest BCUT2D eigenvalue weighted by Crippen LogP contribution is -2.14. The van der Waals surface area contributed by atoms with Gasteiger partial charge in [-0.1, -0.05) is 141 Å². The van der Waals surface area contributed by atoms with Gasteiger partial charge in [0.2, 0.25) is 0 Å². The first-order valence-corrected chi connectivity index (χ1v) is 20.0. The summed E-state index contributed by atoms with van der Waals surface area (Å²) in [4.78, 5) is 10.6. The minimum atomic E-state index is -0.110. The Morgan fingerprint density at radius 3 is 1.75 bits per heavy atom. The number of benzene rings is 8. The van der Waals surface area contributed by atoms with E-state index in [0.717, 1.165) is 39.2 Å². The van der Waals surface area contributed by atoms with E-state index in [1.54, 1.807) is 0 Å². The van der Waals surface area contributed by atoms with Crippen LogP contribution in [0, 0.1) is 0 Å². The summed E-state index contributed by atoms with van der Waals surface area (Å²) >= 11 is 1.87. The predicted molar refractivity (Wildman–Crippen MR) is 237 cm³/mol. The van der Waals surface area contributed by atoms with E-state index in [1.807, 2.05) is 17.4 Å². The van der Waals surface area contributed by atoms with Gasteiger partial charge in [0.25, 0.3) is 0 Å². The molecule has 0 atom stereocenters. The van der Waals surface area contributed by atoms with Crippen LogP contribution in [0.2, 0.25) is 0 Å². The highest BCUT2D eigenvalue weighted by molar-refractivity contribution is 7.25. The van der Waals surface area contributed by atoms with Crippen molar-refractivity contribution < 1.29 is 0 Å². The van der Waals surface area contributed by atoms with Crippen molar-refractivity contribution in [3.05, 3.63) is 193 Å². The van der Waals surface area contributed by atoms with E-state index >= 15 is 0 Å². The smallest absolute Gasteiger partial charge is 0.160 e. The third-order valence-electron chi connectivity index (χ3n) is 11.6. The summed E-state index contributed by atoms with van der Waals surface area (Å²) in [6.07, 6.45) is 0. The topological polar surface area (TPSA) is 25.8 Å². The van der Waals surface area contributed by atoms with E-state index in [1.165, 1.54) is 64.3 Å². The summed E-state index contributed by atoms with van der Waals surface area (Å²) < 4.78 is 2.61. The highest BCUT2D eigenvalue weighted by Gasteiger charge is 2.35. The minimum Gasteiger partial charge on any atom is -0.228 e. The SMILES string of the molecule is CC1(C)c2ccccc2-c2ccc(-c3cc(-c4cc(-c5ccccc5)cc(-c5ccc6sc7cc8ccccc8cc7c6c5)c4)nc(-c4ccccc4)n3)cc21. The molecular formula is C53H36N2S. The van der Waals surface area contributed by atoms with Crippen molar-refractivity contribution in [1.29, 1.82) is 0 Å². The lowest BCUT2D eigenvalue weighted by atomic mass is 9.82. The van der Waals surface area contributed by atoms with Crippen LogP contribution in [0.1, 0.15) is 25.0 Å². The number of fused-ring (bicyclic) bond motifs is 7. The van der Waals surface area contributed by atoms with Crippen molar-refractivity contribution in [2.75, 3.05) is 0 Å². The molecule has 0 fully saturated rings. The standard InChI is InChI=1S/C53H36N2S/c1-53(2)46-20-12-11-19-42(46)43-23-21-38(30-47(43)53)48-32-49(55-52(54-48)34-15-7-4-8-16-34)41-26-39(33-13-5-3-6-14-33)25-40(27-41)37-22-24-50-44(29-37)45-28-35-17-9-10-18-36(35)31-51(45)56-50/h3-32H,1-2H3. The van der Waals surface area contributed by atoms with E-state index in [-0.39, 0.29) is 5.41 Å². The molecule has 2 nitrogen and oxygen atoms in total. The van der Waals surface area contributed by atoms with Gasteiger partial charge in [0.1, 0.15) is 0 Å². The minimum absolute atomic E-state index is 0.110. The summed E-state index contributed by atoms with van der Waals surface area (Å²) in [7, 11) is 0. The Morgan fingerprint density at radius 2 is 0.964 bits per heavy atom. The van der Waals surface area contributed by atoms with Crippen molar-refractivity contribution in [2.24, 2.45) is 0 Å². The predicted octanol–water partition coefficient (Wildman–Crippen LogP) is 14.6. The Kier molecular flexibility index (Phi) is 7.42. The first-order valence-electron chi connectivity index (χ1n) is 19.2. The quantitative estimate of drug-likeness (QED) is 0.176. The van der Waals surface area contributed by atoms with Crippen LogP contribution in [0.3, 0.4) is 0 Å². The first-order chi connectivity index (χ1) is 27.5. The molecule has 0 saturated carbocycles. The molecule has 0 spiro atoms. The second kappa shape index (κ2) is 12.7. The van der Waals surface area contributed by atoms with Crippen LogP contribution >= 0.6 is 11.3 Å². The van der Waals surface area contributed by atoms with Crippen molar-refractivity contribution >= 4 is 42.3 Å². The van der Waals surface area contributed by atoms with E-state index in [9.17, 15) is 0 Å². The van der Waals surface area contributed by atoms with E-state index in [2.05, 4.69) is 190 Å². The fourth-order valence-electron chi connectivity index (χ4n) is 8.70. The molecular weight excluding hydrogens is 697 g/mol. The highest BCUT2D eigenvalue weighted by Crippen LogP contribution is 2.49. The summed E-state index contributed by atoms with van der Waals surface area (Å²) in [5.41, 5.74) is 14.8. The number of hydrogen-bond acceptors (Lipinski definition) is 3. The van der Waals surface area contributed by atoms with E-state index < -0.39 is 0 Å². The molecule has 0 amide bonds. The molecule has 0 N–H and O–H groups in total. The molecule has 0 bridgehead atoms. The van der Waals surface area contributed by atoms with Crippen LogP contribution < -0.4 is 0 Å². The molecule has 10 aromatic rings. The van der Waals surface area contributed by atoms with Gasteiger partial charge in [-0.25, -0.2) is 9.97 Å². The van der Waals surface area contributed by atoms with Gasteiger partial charge < -0.3 is 0 Å². The highest BCUT2D eigenvalue weighted by atomic mass is 32.1. The average Bonchev–Trinajstić information content (AvgIpc) is 3.73. The summed E-state index contributed by atoms with van der Waals surface area (Å²) in [5.74, 6) is 0.714. The zero-order valence-electron chi connectivity index (χ0n) is 31.1. The fourth-order valence-corrected chi connectivity index (χ4v) is 9.82. The van der Waals surface area contributed by atoms with Gasteiger partial charge in [0.05, 0.1) is 11.4 Å². The van der Waals surface area contributed by atoms with Gasteiger partial charge in [0.15, 0.2) is 5.82 Å². The molecule has 1 aliphatic carbocycles. The molecule has 0 unspecified atom stereocenters. The normalized spacial score (nSPS) is 13.0. The van der Waals surface area contributed by atoms with E-state index in [4.69, 9.17) is 9.97 Å². The van der Waals surface area contributed by atoms with Crippen LogP contribution in [0.4, 0.5) is 0 Å². The zero-order valence-corrected chi connectivity index (χ0v) is 31.9. The van der Waals surface area contributed by atoms with Crippen LogP contribution in [-0.4, -0.2) is 9.97 Å². The Labute approximate surface area is 330 Å².